The third kappa shape index (κ3) is 6.18. The van der Waals surface area contributed by atoms with E-state index >= 15 is 0 Å². The number of hydrogen-bond acceptors (Lipinski definition) is 5. The summed E-state index contributed by atoms with van der Waals surface area (Å²) in [4.78, 5) is 34.5. The number of rotatable bonds is 8. The average molecular weight is 509 g/mol. The fraction of sp³-hybridized carbons (Fsp3) is 0.586. The van der Waals surface area contributed by atoms with Gasteiger partial charge in [-0.25, -0.2) is 0 Å². The maximum absolute atomic E-state index is 13.7. The van der Waals surface area contributed by atoms with Crippen molar-refractivity contribution in [2.24, 2.45) is 5.92 Å². The number of benzene rings is 1. The molecule has 36 heavy (non-hydrogen) atoms. The van der Waals surface area contributed by atoms with E-state index in [9.17, 15) is 9.59 Å². The van der Waals surface area contributed by atoms with Crippen LogP contribution in [0.5, 0.6) is 0 Å². The molecule has 2 amide bonds. The van der Waals surface area contributed by atoms with E-state index in [4.69, 9.17) is 0 Å². The van der Waals surface area contributed by atoms with E-state index in [0.29, 0.717) is 6.54 Å². The van der Waals surface area contributed by atoms with Crippen LogP contribution in [0.15, 0.2) is 47.8 Å². The minimum Gasteiger partial charge on any atom is -0.338 e. The molecule has 3 fully saturated rings. The first kappa shape index (κ1) is 25.4. The normalized spacial score (nSPS) is 23.4. The number of amides is 2. The highest BCUT2D eigenvalue weighted by Gasteiger charge is 2.44. The predicted molar refractivity (Wildman–Crippen MR) is 145 cm³/mol. The molecule has 2 aromatic rings. The van der Waals surface area contributed by atoms with Crippen molar-refractivity contribution in [2.75, 3.05) is 45.8 Å². The van der Waals surface area contributed by atoms with Crippen LogP contribution in [0.25, 0.3) is 0 Å². The number of carbonyl (C=O) groups is 2. The lowest BCUT2D eigenvalue weighted by molar-refractivity contribution is -0.135. The molecule has 1 aliphatic carbocycles. The Morgan fingerprint density at radius 3 is 2.50 bits per heavy atom. The molecule has 7 heteroatoms. The molecule has 0 bridgehead atoms. The number of nitrogens with zero attached hydrogens (tertiary/aromatic N) is 3. The van der Waals surface area contributed by atoms with Gasteiger partial charge in [-0.3, -0.25) is 14.5 Å². The highest BCUT2D eigenvalue weighted by Crippen LogP contribution is 2.30. The Bertz CT molecular complexity index is 970. The Balaban J connectivity index is 1.35. The van der Waals surface area contributed by atoms with Gasteiger partial charge in [0.1, 0.15) is 6.04 Å². The average Bonchev–Trinajstić information content (AvgIpc) is 3.63. The minimum absolute atomic E-state index is 0.0154. The van der Waals surface area contributed by atoms with Crippen molar-refractivity contribution >= 4 is 23.2 Å². The third-order valence-corrected chi connectivity index (χ3v) is 9.11. The van der Waals surface area contributed by atoms with E-state index in [0.717, 1.165) is 62.9 Å². The molecule has 2 saturated heterocycles. The monoisotopic (exact) mass is 508 g/mol. The first-order chi connectivity index (χ1) is 17.7. The van der Waals surface area contributed by atoms with Gasteiger partial charge in [0.15, 0.2) is 0 Å². The van der Waals surface area contributed by atoms with Gasteiger partial charge in [-0.15, -0.1) is 11.3 Å². The standard InChI is InChI=1S/C29H40N4O2S/c34-28(31-17-14-30-15-18-31)26-20-25(22-33(26)29(35)27-12-7-19-36-27)32(21-24-10-5-2-6-11-24)16-13-23-8-3-1-4-9-23/h1,3-4,7-9,12,19,24-26,30H,2,5-6,10-11,13-18,20-22H2. The van der Waals surface area contributed by atoms with E-state index in [-0.39, 0.29) is 23.9 Å². The molecule has 1 saturated carbocycles. The molecule has 1 aromatic heterocycles. The van der Waals surface area contributed by atoms with E-state index in [2.05, 4.69) is 40.5 Å². The lowest BCUT2D eigenvalue weighted by Crippen LogP contribution is -2.53. The van der Waals surface area contributed by atoms with Crippen molar-refractivity contribution < 1.29 is 9.59 Å². The first-order valence-corrected chi connectivity index (χ1v) is 14.7. The number of likely N-dealkylation sites (tertiary alicyclic amines) is 1. The fourth-order valence-corrected chi connectivity index (χ4v) is 6.90. The van der Waals surface area contributed by atoms with Crippen LogP contribution in [0.4, 0.5) is 0 Å². The quantitative estimate of drug-likeness (QED) is 0.588. The zero-order chi connectivity index (χ0) is 24.7. The molecule has 1 aromatic carbocycles. The predicted octanol–water partition coefficient (Wildman–Crippen LogP) is 3.89. The molecule has 5 rings (SSSR count). The minimum atomic E-state index is -0.367. The Morgan fingerprint density at radius 2 is 1.78 bits per heavy atom. The zero-order valence-corrected chi connectivity index (χ0v) is 22.1. The summed E-state index contributed by atoms with van der Waals surface area (Å²) in [5.41, 5.74) is 1.35. The summed E-state index contributed by atoms with van der Waals surface area (Å²) in [5.74, 6) is 0.866. The molecular formula is C29H40N4O2S. The van der Waals surface area contributed by atoms with Crippen LogP contribution in [0.3, 0.4) is 0 Å². The highest BCUT2D eigenvalue weighted by molar-refractivity contribution is 7.12. The van der Waals surface area contributed by atoms with E-state index in [1.54, 1.807) is 0 Å². The first-order valence-electron chi connectivity index (χ1n) is 13.8. The lowest BCUT2D eigenvalue weighted by atomic mass is 9.88. The molecule has 6 nitrogen and oxygen atoms in total. The fourth-order valence-electron chi connectivity index (χ4n) is 6.22. The molecule has 3 heterocycles. The van der Waals surface area contributed by atoms with Gasteiger partial charge >= 0.3 is 0 Å². The molecular weight excluding hydrogens is 468 g/mol. The third-order valence-electron chi connectivity index (χ3n) is 8.25. The van der Waals surface area contributed by atoms with Crippen molar-refractivity contribution in [3.8, 4) is 0 Å². The van der Waals surface area contributed by atoms with Gasteiger partial charge in [-0.2, -0.15) is 0 Å². The highest BCUT2D eigenvalue weighted by atomic mass is 32.1. The van der Waals surface area contributed by atoms with E-state index in [1.807, 2.05) is 27.3 Å². The lowest BCUT2D eigenvalue weighted by Gasteiger charge is -2.34. The number of thiophene rings is 1. The van der Waals surface area contributed by atoms with Crippen molar-refractivity contribution in [1.29, 1.82) is 0 Å². The molecule has 1 N–H and O–H groups in total. The number of hydrogen-bond donors (Lipinski definition) is 1. The van der Waals surface area contributed by atoms with Gasteiger partial charge < -0.3 is 15.1 Å². The van der Waals surface area contributed by atoms with Gasteiger partial charge in [0.2, 0.25) is 5.91 Å². The second kappa shape index (κ2) is 12.3. The summed E-state index contributed by atoms with van der Waals surface area (Å²) in [7, 11) is 0. The second-order valence-electron chi connectivity index (χ2n) is 10.6. The summed E-state index contributed by atoms with van der Waals surface area (Å²) >= 11 is 1.47. The van der Waals surface area contributed by atoms with Crippen molar-refractivity contribution in [3.05, 3.63) is 58.3 Å². The van der Waals surface area contributed by atoms with Crippen LogP contribution in [0.1, 0.15) is 53.8 Å². The van der Waals surface area contributed by atoms with Crippen LogP contribution < -0.4 is 5.32 Å². The van der Waals surface area contributed by atoms with Crippen molar-refractivity contribution in [1.82, 2.24) is 20.0 Å². The Labute approximate surface area is 219 Å². The molecule has 194 valence electrons. The van der Waals surface area contributed by atoms with Crippen LogP contribution >= 0.6 is 11.3 Å². The summed E-state index contributed by atoms with van der Waals surface area (Å²) in [6, 6.07) is 14.4. The van der Waals surface area contributed by atoms with Crippen molar-refractivity contribution in [2.45, 2.75) is 57.0 Å². The summed E-state index contributed by atoms with van der Waals surface area (Å²) in [5, 5.41) is 5.29. The topological polar surface area (TPSA) is 55.9 Å². The largest absolute Gasteiger partial charge is 0.338 e. The molecule has 3 aliphatic rings. The Morgan fingerprint density at radius 1 is 1.00 bits per heavy atom. The molecule has 2 atom stereocenters. The Kier molecular flexibility index (Phi) is 8.72. The van der Waals surface area contributed by atoms with Gasteiger partial charge in [-0.05, 0) is 48.6 Å². The SMILES string of the molecule is O=C(C1CC(N(CCc2ccccc2)CC2CCCCC2)CN1C(=O)c1cccs1)N1CCNCC1. The molecule has 0 radical (unpaired) electrons. The van der Waals surface area contributed by atoms with E-state index < -0.39 is 0 Å². The zero-order valence-electron chi connectivity index (χ0n) is 21.3. The van der Waals surface area contributed by atoms with Gasteiger partial charge in [0, 0.05) is 51.9 Å². The van der Waals surface area contributed by atoms with Crippen LogP contribution in [0, 0.1) is 5.92 Å². The van der Waals surface area contributed by atoms with Crippen LogP contribution in [-0.2, 0) is 11.2 Å². The molecule has 2 unspecified atom stereocenters. The van der Waals surface area contributed by atoms with Gasteiger partial charge in [0.25, 0.3) is 5.91 Å². The summed E-state index contributed by atoms with van der Waals surface area (Å²) in [6.45, 7) is 5.79. The van der Waals surface area contributed by atoms with Crippen LogP contribution in [-0.4, -0.2) is 84.4 Å². The Hall–Kier alpha value is -2.22. The van der Waals surface area contributed by atoms with Gasteiger partial charge in [-0.1, -0.05) is 55.7 Å². The summed E-state index contributed by atoms with van der Waals surface area (Å²) in [6.07, 6.45) is 8.35. The van der Waals surface area contributed by atoms with Gasteiger partial charge in [0.05, 0.1) is 4.88 Å². The number of carbonyl (C=O) groups excluding carboxylic acids is 2. The second-order valence-corrected chi connectivity index (χ2v) is 11.6. The maximum atomic E-state index is 13.7. The van der Waals surface area contributed by atoms with E-state index in [1.165, 1.54) is 49.0 Å². The number of piperazine rings is 1. The maximum Gasteiger partial charge on any atom is 0.264 e. The van der Waals surface area contributed by atoms with Crippen molar-refractivity contribution in [3.63, 3.8) is 0 Å². The smallest absolute Gasteiger partial charge is 0.264 e. The number of nitrogens with one attached hydrogen (secondary N) is 1. The molecule has 2 aliphatic heterocycles. The van der Waals surface area contributed by atoms with Crippen LogP contribution in [0.2, 0.25) is 0 Å². The molecule has 0 spiro atoms. The summed E-state index contributed by atoms with van der Waals surface area (Å²) < 4.78 is 0.